The molecule has 0 saturated carbocycles. The van der Waals surface area contributed by atoms with Crippen LogP contribution < -0.4 is 0 Å². The number of hydrogen-bond donors (Lipinski definition) is 0. The van der Waals surface area contributed by atoms with Gasteiger partial charge in [0.2, 0.25) is 10.0 Å². The predicted octanol–water partition coefficient (Wildman–Crippen LogP) is 5.48. The molecule has 2 aliphatic rings. The number of esters is 1. The van der Waals surface area contributed by atoms with Crippen LogP contribution >= 0.6 is 11.6 Å². The van der Waals surface area contributed by atoms with Crippen LogP contribution in [0.2, 0.25) is 5.02 Å². The van der Waals surface area contributed by atoms with Crippen molar-refractivity contribution < 1.29 is 31.9 Å². The van der Waals surface area contributed by atoms with Crippen molar-refractivity contribution in [3.63, 3.8) is 0 Å². The second-order valence-electron chi connectivity index (χ2n) is 10.6. The van der Waals surface area contributed by atoms with E-state index in [2.05, 4.69) is 0 Å². The summed E-state index contributed by atoms with van der Waals surface area (Å²) in [5, 5.41) is 0.548. The van der Waals surface area contributed by atoms with E-state index in [1.165, 1.54) is 17.5 Å². The Hall–Kier alpha value is -3.70. The number of carbonyl (C=O) groups is 2. The molecular formula is C32H33ClN2O7S. The minimum Gasteiger partial charge on any atom is -0.465 e. The molecule has 0 unspecified atom stereocenters. The molecule has 11 heteroatoms. The Kier molecular flexibility index (Phi) is 9.22. The number of furan rings is 1. The van der Waals surface area contributed by atoms with Gasteiger partial charge < -0.3 is 18.8 Å². The third-order valence-electron chi connectivity index (χ3n) is 7.54. The lowest BCUT2D eigenvalue weighted by atomic mass is 10.1. The number of aryl methyl sites for hydroxylation is 1. The SMILES string of the molecule is COC(=O)C1=C(C)N(C[C@H]2CCCO2)C(=O)/C1=C/c1ccc(CN(Cc2ccc(Cl)cc2)S(=O)(=O)c2ccc(C)cc2)o1. The molecule has 3 aromatic rings. The summed E-state index contributed by atoms with van der Waals surface area (Å²) in [7, 11) is -2.65. The van der Waals surface area contributed by atoms with Gasteiger partial charge in [0.05, 0.1) is 42.3 Å². The Bertz CT molecular complexity index is 1670. The lowest BCUT2D eigenvalue weighted by Crippen LogP contribution is -2.33. The minimum absolute atomic E-state index is 0.0696. The first kappa shape index (κ1) is 30.7. The number of carbonyl (C=O) groups excluding carboxylic acids is 2. The number of ether oxygens (including phenoxy) is 2. The fourth-order valence-electron chi connectivity index (χ4n) is 5.19. The Morgan fingerprint density at radius 1 is 1.07 bits per heavy atom. The summed E-state index contributed by atoms with van der Waals surface area (Å²) in [6, 6.07) is 16.9. The fourth-order valence-corrected chi connectivity index (χ4v) is 6.71. The zero-order chi connectivity index (χ0) is 30.7. The van der Waals surface area contributed by atoms with Crippen LogP contribution in [0, 0.1) is 6.92 Å². The van der Waals surface area contributed by atoms with Gasteiger partial charge in [-0.25, -0.2) is 13.2 Å². The van der Waals surface area contributed by atoms with E-state index in [0.29, 0.717) is 35.4 Å². The van der Waals surface area contributed by atoms with Gasteiger partial charge in [0.15, 0.2) is 0 Å². The molecular weight excluding hydrogens is 592 g/mol. The number of sulfonamides is 1. The van der Waals surface area contributed by atoms with E-state index in [1.807, 2.05) is 6.92 Å². The number of halogens is 1. The maximum absolute atomic E-state index is 13.7. The molecule has 3 heterocycles. The standard InChI is InChI=1S/C32H33ClN2O7S/c1-21-6-14-28(15-7-21)43(38,39)34(18-23-8-10-24(33)11-9-23)19-27-13-12-25(42-27)17-29-30(32(37)40-3)22(2)35(31(29)36)20-26-5-4-16-41-26/h6-15,17,26H,4-5,16,18-20H2,1-3H3/b29-17+/t26-/m1/s1. The summed E-state index contributed by atoms with van der Waals surface area (Å²) < 4.78 is 45.5. The molecule has 0 aliphatic carbocycles. The highest BCUT2D eigenvalue weighted by Gasteiger charge is 2.38. The van der Waals surface area contributed by atoms with Crippen LogP contribution in [0.5, 0.6) is 0 Å². The van der Waals surface area contributed by atoms with Crippen LogP contribution in [0.1, 0.15) is 42.4 Å². The zero-order valence-electron chi connectivity index (χ0n) is 24.2. The summed E-state index contributed by atoms with van der Waals surface area (Å²) >= 11 is 6.04. The van der Waals surface area contributed by atoms with E-state index >= 15 is 0 Å². The van der Waals surface area contributed by atoms with Gasteiger partial charge in [-0.1, -0.05) is 41.4 Å². The Morgan fingerprint density at radius 2 is 1.79 bits per heavy atom. The molecule has 0 spiro atoms. The third kappa shape index (κ3) is 6.78. The van der Waals surface area contributed by atoms with Crippen molar-refractivity contribution in [1.29, 1.82) is 0 Å². The Labute approximate surface area is 256 Å². The van der Waals surface area contributed by atoms with Crippen molar-refractivity contribution in [1.82, 2.24) is 9.21 Å². The summed E-state index contributed by atoms with van der Waals surface area (Å²) in [6.45, 7) is 4.59. The Balaban J connectivity index is 1.44. The van der Waals surface area contributed by atoms with Crippen LogP contribution in [0.4, 0.5) is 0 Å². The molecule has 1 saturated heterocycles. The lowest BCUT2D eigenvalue weighted by Gasteiger charge is -2.21. The van der Waals surface area contributed by atoms with E-state index < -0.39 is 16.0 Å². The maximum atomic E-state index is 13.7. The normalized spacial score (nSPS) is 18.3. The van der Waals surface area contributed by atoms with Crippen molar-refractivity contribution in [2.45, 2.75) is 50.8 Å². The quantitative estimate of drug-likeness (QED) is 0.217. The molecule has 1 amide bonds. The van der Waals surface area contributed by atoms with Crippen LogP contribution in [0.3, 0.4) is 0 Å². The van der Waals surface area contributed by atoms with Gasteiger partial charge in [-0.15, -0.1) is 0 Å². The van der Waals surface area contributed by atoms with E-state index in [1.54, 1.807) is 72.5 Å². The minimum atomic E-state index is -3.91. The Morgan fingerprint density at radius 3 is 2.44 bits per heavy atom. The number of rotatable bonds is 10. The van der Waals surface area contributed by atoms with Crippen molar-refractivity contribution >= 4 is 39.6 Å². The highest BCUT2D eigenvalue weighted by molar-refractivity contribution is 7.89. The molecule has 1 atom stereocenters. The van der Waals surface area contributed by atoms with Gasteiger partial charge in [-0.05, 0) is 74.7 Å². The topological polar surface area (TPSA) is 106 Å². The number of nitrogens with zero attached hydrogens (tertiary/aromatic N) is 2. The molecule has 9 nitrogen and oxygen atoms in total. The van der Waals surface area contributed by atoms with Gasteiger partial charge >= 0.3 is 5.97 Å². The van der Waals surface area contributed by atoms with Gasteiger partial charge in [-0.2, -0.15) is 4.31 Å². The number of hydrogen-bond acceptors (Lipinski definition) is 7. The van der Waals surface area contributed by atoms with Crippen molar-refractivity contribution in [2.24, 2.45) is 0 Å². The molecule has 2 aliphatic heterocycles. The molecule has 2 aromatic carbocycles. The van der Waals surface area contributed by atoms with Gasteiger partial charge in [0.1, 0.15) is 11.5 Å². The van der Waals surface area contributed by atoms with E-state index in [0.717, 1.165) is 24.0 Å². The van der Waals surface area contributed by atoms with Crippen molar-refractivity contribution in [3.8, 4) is 0 Å². The van der Waals surface area contributed by atoms with Crippen LogP contribution in [0.15, 0.2) is 86.8 Å². The molecule has 1 fully saturated rings. The smallest absolute Gasteiger partial charge is 0.340 e. The number of allylic oxidation sites excluding steroid dienone is 1. The predicted molar refractivity (Wildman–Crippen MR) is 161 cm³/mol. The molecule has 1 aromatic heterocycles. The second kappa shape index (κ2) is 12.9. The van der Waals surface area contributed by atoms with Crippen LogP contribution in [-0.4, -0.2) is 55.9 Å². The second-order valence-corrected chi connectivity index (χ2v) is 13.0. The molecule has 226 valence electrons. The largest absolute Gasteiger partial charge is 0.465 e. The molecule has 0 radical (unpaired) electrons. The van der Waals surface area contributed by atoms with Crippen molar-refractivity contribution in [2.75, 3.05) is 20.3 Å². The third-order valence-corrected chi connectivity index (χ3v) is 9.60. The summed E-state index contributed by atoms with van der Waals surface area (Å²) in [6.07, 6.45) is 3.15. The van der Waals surface area contributed by atoms with Gasteiger partial charge in [0.25, 0.3) is 5.91 Å². The monoisotopic (exact) mass is 624 g/mol. The first-order valence-electron chi connectivity index (χ1n) is 13.9. The molecule has 5 rings (SSSR count). The lowest BCUT2D eigenvalue weighted by molar-refractivity contribution is -0.136. The van der Waals surface area contributed by atoms with Crippen molar-refractivity contribution in [3.05, 3.63) is 105 Å². The van der Waals surface area contributed by atoms with Gasteiger partial charge in [-0.3, -0.25) is 4.79 Å². The number of amides is 1. The van der Waals surface area contributed by atoms with E-state index in [9.17, 15) is 18.0 Å². The van der Waals surface area contributed by atoms with Crippen LogP contribution in [0.25, 0.3) is 6.08 Å². The first-order chi connectivity index (χ1) is 20.6. The average Bonchev–Trinajstić information content (AvgIpc) is 3.72. The fraction of sp³-hybridized carbons (Fsp3) is 0.312. The number of methoxy groups -OCH3 is 1. The molecule has 43 heavy (non-hydrogen) atoms. The molecule has 0 N–H and O–H groups in total. The average molecular weight is 625 g/mol. The highest BCUT2D eigenvalue weighted by Crippen LogP contribution is 2.33. The van der Waals surface area contributed by atoms with Gasteiger partial charge in [0, 0.05) is 23.9 Å². The van der Waals surface area contributed by atoms with E-state index in [-0.39, 0.29) is 41.1 Å². The number of benzene rings is 2. The van der Waals surface area contributed by atoms with Crippen LogP contribution in [-0.2, 0) is 42.2 Å². The zero-order valence-corrected chi connectivity index (χ0v) is 25.8. The summed E-state index contributed by atoms with van der Waals surface area (Å²) in [5.41, 5.74) is 2.49. The molecule has 0 bridgehead atoms. The summed E-state index contributed by atoms with van der Waals surface area (Å²) in [4.78, 5) is 27.9. The van der Waals surface area contributed by atoms with E-state index in [4.69, 9.17) is 25.5 Å². The first-order valence-corrected chi connectivity index (χ1v) is 15.7. The summed E-state index contributed by atoms with van der Waals surface area (Å²) in [5.74, 6) is -0.320. The maximum Gasteiger partial charge on any atom is 0.340 e. The highest BCUT2D eigenvalue weighted by atomic mass is 35.5.